The van der Waals surface area contributed by atoms with Crippen LogP contribution in [0.5, 0.6) is 0 Å². The summed E-state index contributed by atoms with van der Waals surface area (Å²) in [5, 5.41) is 3.67. The largest absolute Gasteiger partial charge is 0.314 e. The Morgan fingerprint density at radius 2 is 1.69 bits per heavy atom. The lowest BCUT2D eigenvalue weighted by molar-refractivity contribution is 0.336. The van der Waals surface area contributed by atoms with E-state index in [0.29, 0.717) is 6.04 Å². The maximum Gasteiger partial charge on any atom is 0.0446 e. The second-order valence-electron chi connectivity index (χ2n) is 7.13. The molecule has 1 unspecified atom stereocenters. The van der Waals surface area contributed by atoms with Crippen molar-refractivity contribution in [3.63, 3.8) is 0 Å². The van der Waals surface area contributed by atoms with Crippen LogP contribution in [0.25, 0.3) is 0 Å². The highest BCUT2D eigenvalue weighted by Gasteiger charge is 2.29. The minimum absolute atomic E-state index is 0.644. The van der Waals surface area contributed by atoms with Gasteiger partial charge >= 0.3 is 0 Å². The molecule has 0 bridgehead atoms. The summed E-state index contributed by atoms with van der Waals surface area (Å²) in [6.45, 7) is 13.3. The lowest BCUT2D eigenvalue weighted by Crippen LogP contribution is -2.36. The smallest absolute Gasteiger partial charge is 0.0446 e. The van der Waals surface area contributed by atoms with Crippen molar-refractivity contribution in [2.24, 2.45) is 11.8 Å². The molecule has 1 N–H and O–H groups in total. The van der Waals surface area contributed by atoms with Gasteiger partial charge < -0.3 is 5.32 Å². The molecule has 0 aromatic carbocycles. The first-order chi connectivity index (χ1) is 7.38. The highest BCUT2D eigenvalue weighted by molar-refractivity contribution is 6.76. The van der Waals surface area contributed by atoms with Gasteiger partial charge in [0.15, 0.2) is 0 Å². The molecule has 1 atom stereocenters. The van der Waals surface area contributed by atoms with Gasteiger partial charge in [-0.15, -0.1) is 0 Å². The average Bonchev–Trinajstić information content (AvgIpc) is 2.62. The molecule has 0 aliphatic heterocycles. The minimum atomic E-state index is -0.900. The summed E-state index contributed by atoms with van der Waals surface area (Å²) in [7, 11) is -0.900. The van der Waals surface area contributed by atoms with E-state index < -0.39 is 8.07 Å². The minimum Gasteiger partial charge on any atom is -0.314 e. The van der Waals surface area contributed by atoms with Gasteiger partial charge in [-0.2, -0.15) is 0 Å². The molecule has 0 radical (unpaired) electrons. The van der Waals surface area contributed by atoms with E-state index in [-0.39, 0.29) is 0 Å². The third-order valence-corrected chi connectivity index (χ3v) is 5.48. The first kappa shape index (κ1) is 14.2. The van der Waals surface area contributed by atoms with Crippen LogP contribution < -0.4 is 5.32 Å². The SMILES string of the molecule is CC(C)NCC(C[Si](C)(C)C)C1CCCC1. The van der Waals surface area contributed by atoms with Gasteiger partial charge in [0.25, 0.3) is 0 Å². The monoisotopic (exact) mass is 241 g/mol. The van der Waals surface area contributed by atoms with Gasteiger partial charge in [0.1, 0.15) is 0 Å². The second-order valence-corrected chi connectivity index (χ2v) is 12.7. The van der Waals surface area contributed by atoms with Crippen LogP contribution in [0.4, 0.5) is 0 Å². The summed E-state index contributed by atoms with van der Waals surface area (Å²) in [6, 6.07) is 2.16. The zero-order valence-corrected chi connectivity index (χ0v) is 13.0. The Kier molecular flexibility index (Phi) is 5.52. The van der Waals surface area contributed by atoms with Gasteiger partial charge in [-0.1, -0.05) is 65.2 Å². The summed E-state index contributed by atoms with van der Waals surface area (Å²) in [4.78, 5) is 0. The molecule has 1 fully saturated rings. The molecular weight excluding hydrogens is 210 g/mol. The molecule has 1 rings (SSSR count). The van der Waals surface area contributed by atoms with E-state index in [1.807, 2.05) is 0 Å². The second kappa shape index (κ2) is 6.20. The van der Waals surface area contributed by atoms with Gasteiger partial charge in [-0.05, 0) is 18.4 Å². The molecule has 0 aromatic heterocycles. The Labute approximate surface area is 103 Å². The number of hydrogen-bond acceptors (Lipinski definition) is 1. The summed E-state index contributed by atoms with van der Waals surface area (Å²) in [5.41, 5.74) is 0. The maximum atomic E-state index is 3.67. The van der Waals surface area contributed by atoms with Crippen LogP contribution in [-0.2, 0) is 0 Å². The third-order valence-electron chi connectivity index (χ3n) is 3.73. The topological polar surface area (TPSA) is 12.0 Å². The van der Waals surface area contributed by atoms with Crippen LogP contribution >= 0.6 is 0 Å². The summed E-state index contributed by atoms with van der Waals surface area (Å²) < 4.78 is 0. The van der Waals surface area contributed by atoms with Crippen LogP contribution in [0.3, 0.4) is 0 Å². The fraction of sp³-hybridized carbons (Fsp3) is 1.00. The molecule has 0 aromatic rings. The molecule has 16 heavy (non-hydrogen) atoms. The molecule has 1 saturated carbocycles. The molecule has 96 valence electrons. The molecule has 1 nitrogen and oxygen atoms in total. The first-order valence-electron chi connectivity index (χ1n) is 7.12. The fourth-order valence-corrected chi connectivity index (χ4v) is 5.06. The van der Waals surface area contributed by atoms with Gasteiger partial charge in [0, 0.05) is 14.1 Å². The van der Waals surface area contributed by atoms with Crippen molar-refractivity contribution in [2.75, 3.05) is 6.54 Å². The molecule has 0 heterocycles. The van der Waals surface area contributed by atoms with Crippen molar-refractivity contribution in [2.45, 2.75) is 71.3 Å². The molecule has 1 aliphatic carbocycles. The van der Waals surface area contributed by atoms with E-state index in [1.54, 1.807) is 0 Å². The number of hydrogen-bond donors (Lipinski definition) is 1. The Morgan fingerprint density at radius 1 is 1.12 bits per heavy atom. The standard InChI is InChI=1S/C14H31NSi/c1-12(2)15-10-14(11-16(3,4)5)13-8-6-7-9-13/h12-15H,6-11H2,1-5H3. The summed E-state index contributed by atoms with van der Waals surface area (Å²) in [5.74, 6) is 1.98. The van der Waals surface area contributed by atoms with E-state index in [1.165, 1.54) is 38.3 Å². The van der Waals surface area contributed by atoms with E-state index in [0.717, 1.165) is 11.8 Å². The molecule has 0 saturated heterocycles. The summed E-state index contributed by atoms with van der Waals surface area (Å²) in [6.07, 6.45) is 5.95. The van der Waals surface area contributed by atoms with Crippen molar-refractivity contribution in [1.82, 2.24) is 5.32 Å². The maximum absolute atomic E-state index is 3.67. The predicted octanol–water partition coefficient (Wildman–Crippen LogP) is 4.13. The lowest BCUT2D eigenvalue weighted by Gasteiger charge is -2.30. The van der Waals surface area contributed by atoms with E-state index in [4.69, 9.17) is 0 Å². The van der Waals surface area contributed by atoms with Crippen LogP contribution in [0, 0.1) is 11.8 Å². The van der Waals surface area contributed by atoms with Gasteiger partial charge in [-0.25, -0.2) is 0 Å². The number of nitrogens with one attached hydrogen (secondary N) is 1. The predicted molar refractivity (Wildman–Crippen MR) is 76.7 cm³/mol. The van der Waals surface area contributed by atoms with Crippen LogP contribution in [-0.4, -0.2) is 20.7 Å². The van der Waals surface area contributed by atoms with Gasteiger partial charge in [-0.3, -0.25) is 0 Å². The molecule has 1 aliphatic rings. The Balaban J connectivity index is 2.47. The quantitative estimate of drug-likeness (QED) is 0.690. The average molecular weight is 241 g/mol. The van der Waals surface area contributed by atoms with Crippen molar-refractivity contribution >= 4 is 8.07 Å². The number of rotatable bonds is 6. The molecule has 0 amide bonds. The zero-order valence-electron chi connectivity index (χ0n) is 12.0. The highest BCUT2D eigenvalue weighted by Crippen LogP contribution is 2.35. The van der Waals surface area contributed by atoms with Crippen molar-refractivity contribution in [3.8, 4) is 0 Å². The van der Waals surface area contributed by atoms with Crippen LogP contribution in [0.15, 0.2) is 0 Å². The fourth-order valence-electron chi connectivity index (χ4n) is 3.01. The van der Waals surface area contributed by atoms with E-state index in [9.17, 15) is 0 Å². The molecule has 2 heteroatoms. The Morgan fingerprint density at radius 3 is 2.12 bits per heavy atom. The van der Waals surface area contributed by atoms with Gasteiger partial charge in [0.2, 0.25) is 0 Å². The van der Waals surface area contributed by atoms with Crippen molar-refractivity contribution in [1.29, 1.82) is 0 Å². The molecule has 0 spiro atoms. The van der Waals surface area contributed by atoms with Crippen molar-refractivity contribution < 1.29 is 0 Å². The zero-order chi connectivity index (χ0) is 12.2. The highest BCUT2D eigenvalue weighted by atomic mass is 28.3. The summed E-state index contributed by atoms with van der Waals surface area (Å²) >= 11 is 0. The third kappa shape index (κ3) is 5.49. The Bertz CT molecular complexity index is 189. The molecular formula is C14H31NSi. The lowest BCUT2D eigenvalue weighted by atomic mass is 9.92. The normalized spacial score (nSPS) is 20.6. The van der Waals surface area contributed by atoms with Crippen molar-refractivity contribution in [3.05, 3.63) is 0 Å². The van der Waals surface area contributed by atoms with Gasteiger partial charge in [0.05, 0.1) is 0 Å². The van der Waals surface area contributed by atoms with Crippen LogP contribution in [0.2, 0.25) is 25.7 Å². The first-order valence-corrected chi connectivity index (χ1v) is 10.8. The van der Waals surface area contributed by atoms with E-state index >= 15 is 0 Å². The Hall–Kier alpha value is 0.177. The van der Waals surface area contributed by atoms with E-state index in [2.05, 4.69) is 38.8 Å². The van der Waals surface area contributed by atoms with Crippen LogP contribution in [0.1, 0.15) is 39.5 Å².